The number of ether oxygens (including phenoxy) is 15. The van der Waals surface area contributed by atoms with Crippen LogP contribution in [0.2, 0.25) is 0 Å². The summed E-state index contributed by atoms with van der Waals surface area (Å²) in [6, 6.07) is 29.4. The second-order valence-corrected chi connectivity index (χ2v) is 20.9. The standard InChI is InChI=1S/C72H73N7O23/c1-9-88-65(80)57-28-53(29-58(76-57)66(81)89-10-2)99-39-46-24-51(25-47(74-46)40-100-54-30-59(67(82)90-11-3)77-60(31-54)68(83)91-12-4)97-37-44-22-50(96-36-43-20-18-17-19-21-43)23-45(73-44)38-98-52-26-48(41-101-55-32-61(69(84)92-13-5)78-62(33-55)70(85)93-14-6)75-49(27-52)42-102-56-34-63(71(86)94-15-7)79-64(35-56)72(87)95-16-8/h17-35H,9-16,36-42H2,1-8H3. The van der Waals surface area contributed by atoms with Crippen molar-refractivity contribution in [2.75, 3.05) is 52.9 Å². The van der Waals surface area contributed by atoms with E-state index in [1.54, 1.807) is 91.8 Å². The van der Waals surface area contributed by atoms with Gasteiger partial charge in [-0.25, -0.2) is 58.3 Å². The molecule has 7 aromatic heterocycles. The highest BCUT2D eigenvalue weighted by molar-refractivity contribution is 5.95. The van der Waals surface area contributed by atoms with Crippen LogP contribution in [0.1, 0.15) is 179 Å². The summed E-state index contributed by atoms with van der Waals surface area (Å²) < 4.78 is 85.3. The van der Waals surface area contributed by atoms with E-state index in [9.17, 15) is 38.4 Å². The number of rotatable bonds is 37. The van der Waals surface area contributed by atoms with E-state index in [2.05, 4.69) is 19.9 Å². The van der Waals surface area contributed by atoms with E-state index in [0.29, 0.717) is 17.1 Å². The summed E-state index contributed by atoms with van der Waals surface area (Å²) in [7, 11) is 0. The Kier molecular flexibility index (Phi) is 28.2. The zero-order chi connectivity index (χ0) is 72.9. The summed E-state index contributed by atoms with van der Waals surface area (Å²) >= 11 is 0. The molecule has 0 fully saturated rings. The molecule has 0 aliphatic heterocycles. The normalized spacial score (nSPS) is 10.7. The van der Waals surface area contributed by atoms with Crippen LogP contribution in [0.4, 0.5) is 0 Å². The lowest BCUT2D eigenvalue weighted by Crippen LogP contribution is -2.14. The van der Waals surface area contributed by atoms with Crippen molar-refractivity contribution in [3.05, 3.63) is 201 Å². The first-order valence-corrected chi connectivity index (χ1v) is 32.3. The number of hydrogen-bond donors (Lipinski definition) is 0. The molecule has 30 heteroatoms. The van der Waals surface area contributed by atoms with E-state index < -0.39 is 47.8 Å². The van der Waals surface area contributed by atoms with Gasteiger partial charge in [0.05, 0.1) is 87.0 Å². The van der Waals surface area contributed by atoms with Crippen molar-refractivity contribution in [2.45, 2.75) is 102 Å². The van der Waals surface area contributed by atoms with Gasteiger partial charge in [0.15, 0.2) is 45.6 Å². The molecule has 8 rings (SSSR count). The predicted octanol–water partition coefficient (Wildman–Crippen LogP) is 9.92. The van der Waals surface area contributed by atoms with Gasteiger partial charge in [0.25, 0.3) is 0 Å². The fourth-order valence-electron chi connectivity index (χ4n) is 9.07. The zero-order valence-corrected chi connectivity index (χ0v) is 57.1. The minimum Gasteiger partial charge on any atom is -0.489 e. The summed E-state index contributed by atoms with van der Waals surface area (Å²) in [5.74, 6) is -5.59. The zero-order valence-electron chi connectivity index (χ0n) is 57.1. The third-order valence-electron chi connectivity index (χ3n) is 13.4. The molecule has 0 N–H and O–H groups in total. The van der Waals surface area contributed by atoms with Crippen LogP contribution >= 0.6 is 0 Å². The third-order valence-corrected chi connectivity index (χ3v) is 13.4. The topological polar surface area (TPSA) is 365 Å². The average Bonchev–Trinajstić information content (AvgIpc) is 0.846. The highest BCUT2D eigenvalue weighted by Crippen LogP contribution is 2.28. The molecule has 0 saturated carbocycles. The van der Waals surface area contributed by atoms with Crippen LogP contribution in [0.3, 0.4) is 0 Å². The molecule has 8 aromatic rings. The number of esters is 8. The van der Waals surface area contributed by atoms with Crippen molar-refractivity contribution in [1.82, 2.24) is 34.9 Å². The summed E-state index contributed by atoms with van der Waals surface area (Å²) in [5, 5.41) is 0. The Balaban J connectivity index is 1.13. The van der Waals surface area contributed by atoms with Crippen LogP contribution in [0.25, 0.3) is 0 Å². The first kappa shape index (κ1) is 75.4. The molecular weight excluding hydrogens is 1330 g/mol. The first-order valence-electron chi connectivity index (χ1n) is 32.3. The van der Waals surface area contributed by atoms with Crippen LogP contribution < -0.4 is 33.2 Å². The molecule has 30 nitrogen and oxygen atoms in total. The van der Waals surface area contributed by atoms with Gasteiger partial charge in [-0.15, -0.1) is 0 Å². The van der Waals surface area contributed by atoms with Crippen LogP contribution in [0.15, 0.2) is 115 Å². The highest BCUT2D eigenvalue weighted by Gasteiger charge is 2.24. The van der Waals surface area contributed by atoms with Gasteiger partial charge >= 0.3 is 47.8 Å². The lowest BCUT2D eigenvalue weighted by molar-refractivity contribution is 0.0491. The highest BCUT2D eigenvalue weighted by atomic mass is 16.6. The molecule has 0 atom stereocenters. The minimum atomic E-state index is -0.815. The Hall–Kier alpha value is -12.4. The maximum Gasteiger partial charge on any atom is 0.357 e. The third kappa shape index (κ3) is 22.6. The fourth-order valence-corrected chi connectivity index (χ4v) is 9.07. The van der Waals surface area contributed by atoms with Gasteiger partial charge in [0, 0.05) is 84.9 Å². The van der Waals surface area contributed by atoms with Gasteiger partial charge in [-0.05, 0) is 61.0 Å². The van der Waals surface area contributed by atoms with Crippen molar-refractivity contribution in [2.24, 2.45) is 0 Å². The minimum absolute atomic E-state index is 0.0239. The quantitative estimate of drug-likeness (QED) is 0.0258. The summed E-state index contributed by atoms with van der Waals surface area (Å²) in [6.45, 7) is 11.7. The van der Waals surface area contributed by atoms with Crippen molar-refractivity contribution in [3.63, 3.8) is 0 Å². The van der Waals surface area contributed by atoms with Gasteiger partial charge in [-0.2, -0.15) is 0 Å². The largest absolute Gasteiger partial charge is 0.489 e. The van der Waals surface area contributed by atoms with Crippen LogP contribution in [-0.4, -0.2) is 135 Å². The van der Waals surface area contributed by atoms with E-state index >= 15 is 0 Å². The molecule has 102 heavy (non-hydrogen) atoms. The van der Waals surface area contributed by atoms with Gasteiger partial charge in [-0.1, -0.05) is 30.3 Å². The summed E-state index contributed by atoms with van der Waals surface area (Å²) in [5.41, 5.74) is 0.755. The van der Waals surface area contributed by atoms with Crippen molar-refractivity contribution >= 4 is 47.8 Å². The molecule has 0 amide bonds. The molecule has 0 aliphatic rings. The van der Waals surface area contributed by atoms with Gasteiger partial charge in [0.1, 0.15) is 86.5 Å². The SMILES string of the molecule is CCOC(=O)c1cc(OCc2cc(OCc3cc(OCc4ccccc4)cc(COc4cc(COc5cc(C(=O)OCC)nc(C(=O)OCC)c5)nc(COc5cc(C(=O)OCC)nc(C(=O)OCC)c5)c4)n3)cc(COc3cc(C(=O)OCC)nc(C(=O)OCC)c3)n2)cc(C(=O)OCC)n1. The number of benzene rings is 1. The second-order valence-electron chi connectivity index (χ2n) is 20.9. The Labute approximate surface area is 585 Å². The molecule has 0 bridgehead atoms. The number of carbonyl (C=O) groups excluding carboxylic acids is 8. The molecule has 0 aliphatic carbocycles. The van der Waals surface area contributed by atoms with E-state index in [1.165, 1.54) is 48.5 Å². The number of pyridine rings is 7. The van der Waals surface area contributed by atoms with Crippen molar-refractivity contribution < 1.29 is 109 Å². The van der Waals surface area contributed by atoms with Crippen molar-refractivity contribution in [3.8, 4) is 40.2 Å². The predicted molar refractivity (Wildman–Crippen MR) is 354 cm³/mol. The molecule has 0 spiro atoms. The Morgan fingerprint density at radius 1 is 0.225 bits per heavy atom. The van der Waals surface area contributed by atoms with E-state index in [0.717, 1.165) is 5.56 Å². The molecule has 7 heterocycles. The second kappa shape index (κ2) is 38.1. The molecule has 0 saturated heterocycles. The summed E-state index contributed by atoms with van der Waals surface area (Å²) in [4.78, 5) is 134. The number of nitrogens with zero attached hydrogens (tertiary/aromatic N) is 7. The van der Waals surface area contributed by atoms with Gasteiger partial charge < -0.3 is 71.1 Å². The van der Waals surface area contributed by atoms with Gasteiger partial charge in [-0.3, -0.25) is 15.0 Å². The number of carbonyl (C=O) groups is 8. The van der Waals surface area contributed by atoms with Crippen LogP contribution in [-0.2, 0) is 84.1 Å². The van der Waals surface area contributed by atoms with E-state index in [-0.39, 0.29) is 202 Å². The lowest BCUT2D eigenvalue weighted by atomic mass is 10.2. The lowest BCUT2D eigenvalue weighted by Gasteiger charge is -2.15. The smallest absolute Gasteiger partial charge is 0.357 e. The Morgan fingerprint density at radius 3 is 0.569 bits per heavy atom. The van der Waals surface area contributed by atoms with Crippen molar-refractivity contribution in [1.29, 1.82) is 0 Å². The molecule has 0 radical (unpaired) electrons. The Bertz CT molecular complexity index is 3690. The van der Waals surface area contributed by atoms with E-state index in [1.807, 2.05) is 30.3 Å². The Morgan fingerprint density at radius 2 is 0.392 bits per heavy atom. The summed E-state index contributed by atoms with van der Waals surface area (Å²) in [6.07, 6.45) is 0. The van der Waals surface area contributed by atoms with Crippen LogP contribution in [0.5, 0.6) is 40.2 Å². The molecule has 534 valence electrons. The van der Waals surface area contributed by atoms with Gasteiger partial charge in [0.2, 0.25) is 0 Å². The fraction of sp³-hybridized carbons (Fsp3) is 0.319. The number of hydrogen-bond acceptors (Lipinski definition) is 30. The first-order chi connectivity index (χ1) is 49.4. The monoisotopic (exact) mass is 1400 g/mol. The van der Waals surface area contributed by atoms with E-state index in [4.69, 9.17) is 86.0 Å². The molecular formula is C72H73N7O23. The average molecular weight is 1400 g/mol. The van der Waals surface area contributed by atoms with Crippen LogP contribution in [0, 0.1) is 0 Å². The maximum absolute atomic E-state index is 12.9. The molecule has 1 aromatic carbocycles. The molecule has 0 unspecified atom stereocenters. The number of aromatic nitrogens is 7. The maximum atomic E-state index is 12.9.